The summed E-state index contributed by atoms with van der Waals surface area (Å²) in [4.78, 5) is 88.1. The molecule has 0 aliphatic carbocycles. The van der Waals surface area contributed by atoms with Gasteiger partial charge in [-0.15, -0.1) is 0 Å². The Labute approximate surface area is 487 Å². The number of halogens is 3. The maximum atomic E-state index is 13.2. The highest BCUT2D eigenvalue weighted by Gasteiger charge is 2.29. The van der Waals surface area contributed by atoms with Crippen LogP contribution in [0.4, 0.5) is 17.5 Å². The van der Waals surface area contributed by atoms with Crippen LogP contribution in [0.2, 0.25) is 15.1 Å². The second kappa shape index (κ2) is 29.8. The number of anilines is 3. The summed E-state index contributed by atoms with van der Waals surface area (Å²) in [6, 6.07) is 15.7. The molecule has 7 aromatic rings. The molecule has 3 aromatic carbocycles. The van der Waals surface area contributed by atoms with Gasteiger partial charge in [0, 0.05) is 56.4 Å². The van der Waals surface area contributed by atoms with Crippen LogP contribution in [0.3, 0.4) is 0 Å². The molecule has 0 bridgehead atoms. The smallest absolute Gasteiger partial charge is 0.326 e. The zero-order chi connectivity index (χ0) is 59.7. The summed E-state index contributed by atoms with van der Waals surface area (Å²) in [5, 5.41) is 23.3. The first-order chi connectivity index (χ1) is 39.1. The van der Waals surface area contributed by atoms with Crippen molar-refractivity contribution in [1.29, 1.82) is 0 Å². The summed E-state index contributed by atoms with van der Waals surface area (Å²) in [6.45, 7) is 12.8. The van der Waals surface area contributed by atoms with E-state index in [1.165, 1.54) is 4.68 Å². The average Bonchev–Trinajstić information content (AvgIpc) is 4.04. The molecule has 438 valence electrons. The number of carboxylic acids is 1. The quantitative estimate of drug-likeness (QED) is 0.0272. The van der Waals surface area contributed by atoms with E-state index in [2.05, 4.69) is 46.0 Å². The van der Waals surface area contributed by atoms with Crippen molar-refractivity contribution in [3.8, 4) is 11.4 Å². The number of rotatable bonds is 27. The summed E-state index contributed by atoms with van der Waals surface area (Å²) in [5.74, 6) is -1.29. The molecule has 3 amide bonds. The van der Waals surface area contributed by atoms with Crippen molar-refractivity contribution in [2.45, 2.75) is 84.4 Å². The van der Waals surface area contributed by atoms with Crippen LogP contribution in [-0.2, 0) is 41.6 Å². The van der Waals surface area contributed by atoms with Crippen LogP contribution in [0.1, 0.15) is 92.9 Å². The molecule has 0 saturated heterocycles. The fourth-order valence-corrected chi connectivity index (χ4v) is 9.04. The van der Waals surface area contributed by atoms with Crippen molar-refractivity contribution in [2.75, 3.05) is 76.6 Å². The third kappa shape index (κ3) is 17.6. The molecule has 27 heteroatoms. The van der Waals surface area contributed by atoms with E-state index in [9.17, 15) is 29.1 Å². The Morgan fingerprint density at radius 3 is 2.15 bits per heavy atom. The van der Waals surface area contributed by atoms with E-state index in [1.54, 1.807) is 75.6 Å². The minimum Gasteiger partial charge on any atom is -0.480 e. The average molecular weight is 1190 g/mol. The van der Waals surface area contributed by atoms with Crippen molar-refractivity contribution in [3.63, 3.8) is 0 Å². The molecule has 0 aliphatic heterocycles. The molecule has 24 nitrogen and oxygen atoms in total. The Bertz CT molecular complexity index is 3380. The Morgan fingerprint density at radius 1 is 0.878 bits per heavy atom. The van der Waals surface area contributed by atoms with Crippen LogP contribution in [0.15, 0.2) is 71.7 Å². The van der Waals surface area contributed by atoms with Crippen LogP contribution in [-0.4, -0.2) is 140 Å². The number of aromatic nitrogens is 8. The first kappa shape index (κ1) is 63.4. The van der Waals surface area contributed by atoms with Gasteiger partial charge >= 0.3 is 5.97 Å². The van der Waals surface area contributed by atoms with Crippen molar-refractivity contribution in [3.05, 3.63) is 121 Å². The minimum absolute atomic E-state index is 0.0163. The molecule has 0 spiro atoms. The molecule has 0 fully saturated rings. The Kier molecular flexibility index (Phi) is 23.1. The SMILES string of the molecule is CCCOCCOCCOCCNC(=O)CC[C@@H](NC(=O)c1ccc(N(C)Cc2cnc3nc(N)nc(N)c3n2)cc1)C(=O)O.CNC(=O)C(C)(C)Oc1ccc(Cc2nc3c(c(C(C)C)nn3-c3c(Cl)cc(Cl)cc3Cl)c(=O)[nH]2)cc1. The molecule has 4 aromatic heterocycles. The number of ether oxygens (including phenoxy) is 4. The number of likely N-dealkylation sites (N-methyl/N-ethyl adjacent to an activating group) is 1. The third-order valence-electron chi connectivity index (χ3n) is 12.2. The van der Waals surface area contributed by atoms with Crippen LogP contribution in [0, 0.1) is 0 Å². The molecule has 9 N–H and O–H groups in total. The van der Waals surface area contributed by atoms with Crippen molar-refractivity contribution < 1.29 is 43.2 Å². The van der Waals surface area contributed by atoms with E-state index in [0.29, 0.717) is 108 Å². The van der Waals surface area contributed by atoms with E-state index in [1.807, 2.05) is 44.9 Å². The van der Waals surface area contributed by atoms with Crippen molar-refractivity contribution in [2.24, 2.45) is 0 Å². The Balaban J connectivity index is 0.000000268. The summed E-state index contributed by atoms with van der Waals surface area (Å²) >= 11 is 19.0. The number of carbonyl (C=O) groups excluding carboxylic acids is 3. The van der Waals surface area contributed by atoms with Gasteiger partial charge in [0.25, 0.3) is 17.4 Å². The van der Waals surface area contributed by atoms with Crippen LogP contribution < -0.4 is 42.6 Å². The second-order valence-electron chi connectivity index (χ2n) is 19.4. The number of carboxylic acid groups (broad SMARTS) is 1. The number of aromatic amines is 1. The number of hydrogen-bond donors (Lipinski definition) is 7. The number of nitrogens with zero attached hydrogens (tertiary/aromatic N) is 8. The standard InChI is InChI=1S/C29H41N9O7.C26H26Cl3N5O3/c1-3-11-43-13-15-45-16-14-44-12-10-32-23(39)9-8-22(28(41)42)35-27(40)19-4-6-21(7-5-19)38(2)18-20-17-33-26-24(34-20)25(30)36-29(31)37-26;1-13(2)21-20-23(34(33-21)22-17(28)11-15(27)12-18(22)29)31-19(32-24(20)35)10-14-6-8-16(9-7-14)37-26(3,4)25(36)30-5/h4-7,17,22H,3,8-16,18H2,1-2H3,(H,32,39)(H,35,40)(H,41,42)(H4,30,31,33,36,37);6-9,11-13H,10H2,1-5H3,(H,30,36)(H,31,32,35)/t22-;/m1./s1. The molecule has 0 unspecified atom stereocenters. The van der Waals surface area contributed by atoms with Gasteiger partial charge in [-0.1, -0.05) is 67.7 Å². The molecule has 0 radical (unpaired) electrons. The lowest BCUT2D eigenvalue weighted by Gasteiger charge is -2.24. The van der Waals surface area contributed by atoms with Gasteiger partial charge in [-0.2, -0.15) is 15.1 Å². The number of fused-ring (bicyclic) bond motifs is 2. The van der Waals surface area contributed by atoms with Gasteiger partial charge < -0.3 is 61.4 Å². The van der Waals surface area contributed by atoms with Crippen LogP contribution in [0.5, 0.6) is 5.75 Å². The molecule has 0 aliphatic rings. The van der Waals surface area contributed by atoms with E-state index < -0.39 is 23.5 Å². The molecule has 1 atom stereocenters. The number of nitrogens with one attached hydrogen (secondary N) is 4. The molecule has 0 saturated carbocycles. The van der Waals surface area contributed by atoms with Gasteiger partial charge in [0.05, 0.1) is 67.2 Å². The normalized spacial score (nSPS) is 11.7. The van der Waals surface area contributed by atoms with Crippen LogP contribution in [0.25, 0.3) is 27.9 Å². The fourth-order valence-electron chi connectivity index (χ4n) is 8.06. The second-order valence-corrected chi connectivity index (χ2v) is 20.6. The Hall–Kier alpha value is -7.74. The molecule has 82 heavy (non-hydrogen) atoms. The van der Waals surface area contributed by atoms with Gasteiger partial charge in [0.1, 0.15) is 28.7 Å². The van der Waals surface area contributed by atoms with Crippen LogP contribution >= 0.6 is 34.8 Å². The highest BCUT2D eigenvalue weighted by molar-refractivity contribution is 6.40. The zero-order valence-electron chi connectivity index (χ0n) is 46.5. The number of H-pyrrole nitrogens is 1. The van der Waals surface area contributed by atoms with E-state index in [-0.39, 0.29) is 70.1 Å². The summed E-state index contributed by atoms with van der Waals surface area (Å²) < 4.78 is 23.4. The van der Waals surface area contributed by atoms with Crippen molar-refractivity contribution >= 4 is 98.1 Å². The first-order valence-corrected chi connectivity index (χ1v) is 27.3. The van der Waals surface area contributed by atoms with Gasteiger partial charge in [-0.05, 0) is 86.7 Å². The highest BCUT2D eigenvalue weighted by Crippen LogP contribution is 2.35. The monoisotopic (exact) mass is 1190 g/mol. The predicted molar refractivity (Wildman–Crippen MR) is 313 cm³/mol. The topological polar surface area (TPSA) is 332 Å². The number of nitrogen functional groups attached to an aromatic ring is 2. The maximum absolute atomic E-state index is 13.2. The number of nitrogens with two attached hydrogens (primary N) is 2. The molecule has 7 rings (SSSR count). The largest absolute Gasteiger partial charge is 0.480 e. The van der Waals surface area contributed by atoms with Gasteiger partial charge in [0.15, 0.2) is 28.2 Å². The van der Waals surface area contributed by atoms with E-state index >= 15 is 0 Å². The third-order valence-corrected chi connectivity index (χ3v) is 13.0. The lowest BCUT2D eigenvalue weighted by atomic mass is 10.1. The highest BCUT2D eigenvalue weighted by atomic mass is 35.5. The van der Waals surface area contributed by atoms with Gasteiger partial charge in [-0.25, -0.2) is 24.4 Å². The van der Waals surface area contributed by atoms with Crippen molar-refractivity contribution in [1.82, 2.24) is 55.6 Å². The van der Waals surface area contributed by atoms with E-state index in [0.717, 1.165) is 17.7 Å². The minimum atomic E-state index is -1.24. The Morgan fingerprint density at radius 2 is 1.52 bits per heavy atom. The lowest BCUT2D eigenvalue weighted by Crippen LogP contribution is -2.45. The predicted octanol–water partition coefficient (Wildman–Crippen LogP) is 6.45. The lowest BCUT2D eigenvalue weighted by molar-refractivity contribution is -0.139. The number of benzene rings is 3. The summed E-state index contributed by atoms with van der Waals surface area (Å²) in [5.41, 5.74) is 14.7. The number of carbonyl (C=O) groups is 4. The van der Waals surface area contributed by atoms with E-state index in [4.69, 9.17) is 70.2 Å². The summed E-state index contributed by atoms with van der Waals surface area (Å²) in [6.07, 6.45) is 2.72. The molecule has 4 heterocycles. The first-order valence-electron chi connectivity index (χ1n) is 26.1. The van der Waals surface area contributed by atoms with Gasteiger partial charge in [0.2, 0.25) is 11.9 Å². The van der Waals surface area contributed by atoms with Gasteiger partial charge in [-0.3, -0.25) is 19.2 Å². The fraction of sp³-hybridized carbons (Fsp3) is 0.400. The maximum Gasteiger partial charge on any atom is 0.326 e. The molecular formula is C55H67Cl3N14O10. The summed E-state index contributed by atoms with van der Waals surface area (Å²) in [7, 11) is 3.40. The number of hydrogen-bond acceptors (Lipinski definition) is 18. The number of aliphatic carboxylic acids is 1. The zero-order valence-corrected chi connectivity index (χ0v) is 48.7. The number of amides is 3. The molecular weight excluding hydrogens is 1120 g/mol.